The van der Waals surface area contributed by atoms with Crippen LogP contribution in [-0.4, -0.2) is 42.4 Å². The SMILES string of the molecule is CO[PH](=O)O.C[C](C)(C)[AlH][C](C)(C)C.C[C](C)(C)[AlH][C](C)(C)C. The predicted octanol–water partition coefficient (Wildman–Crippen LogP) is 5.73. The molecule has 0 aliphatic heterocycles. The summed E-state index contributed by atoms with van der Waals surface area (Å²) in [6, 6.07) is 0. The van der Waals surface area contributed by atoms with Crippen LogP contribution in [0, 0.1) is 0 Å². The molecule has 140 valence electrons. The molecule has 0 bridgehead atoms. The van der Waals surface area contributed by atoms with Gasteiger partial charge < -0.3 is 9.42 Å². The monoisotopic (exact) mass is 380 g/mol. The van der Waals surface area contributed by atoms with E-state index in [1.165, 1.54) is 7.11 Å². The van der Waals surface area contributed by atoms with E-state index in [0.717, 1.165) is 0 Å². The van der Waals surface area contributed by atoms with Crippen molar-refractivity contribution >= 4 is 38.7 Å². The fourth-order valence-electron chi connectivity index (χ4n) is 3.18. The largest absolute Gasteiger partial charge is 0.326 e. The van der Waals surface area contributed by atoms with Crippen LogP contribution in [0.3, 0.4) is 0 Å². The zero-order valence-corrected chi connectivity index (χ0v) is 22.0. The highest BCUT2D eigenvalue weighted by Gasteiger charge is 2.24. The lowest BCUT2D eigenvalue weighted by Gasteiger charge is -2.25. The quantitative estimate of drug-likeness (QED) is 0.466. The molecule has 0 saturated heterocycles. The van der Waals surface area contributed by atoms with Gasteiger partial charge in [0.05, 0.1) is 0 Å². The van der Waals surface area contributed by atoms with Gasteiger partial charge >= 0.3 is 8.25 Å². The van der Waals surface area contributed by atoms with Crippen molar-refractivity contribution in [1.82, 2.24) is 0 Å². The van der Waals surface area contributed by atoms with Gasteiger partial charge in [-0.05, 0) is 0 Å². The number of rotatable bonds is 1. The van der Waals surface area contributed by atoms with Gasteiger partial charge in [-0.25, -0.2) is 0 Å². The molecule has 1 N–H and O–H groups in total. The third kappa shape index (κ3) is 45.1. The Labute approximate surface area is 159 Å². The highest BCUT2D eigenvalue weighted by atomic mass is 31.1. The molecule has 0 aliphatic carbocycles. The third-order valence-corrected chi connectivity index (χ3v) is 6.89. The van der Waals surface area contributed by atoms with Crippen LogP contribution >= 0.6 is 8.25 Å². The topological polar surface area (TPSA) is 46.5 Å². The summed E-state index contributed by atoms with van der Waals surface area (Å²) in [6.07, 6.45) is 0. The van der Waals surface area contributed by atoms with Crippen molar-refractivity contribution in [3.05, 3.63) is 0 Å². The minimum atomic E-state index is -2.62. The highest BCUT2D eigenvalue weighted by molar-refractivity contribution is 7.32. The zero-order valence-electron chi connectivity index (χ0n) is 18.2. The Morgan fingerprint density at radius 1 is 0.652 bits per heavy atom. The number of hydrogen-bond donors (Lipinski definition) is 1. The summed E-state index contributed by atoms with van der Waals surface area (Å²) >= 11 is 0.176. The molecule has 0 saturated carbocycles. The lowest BCUT2D eigenvalue weighted by molar-refractivity contribution is 0.343. The van der Waals surface area contributed by atoms with E-state index in [9.17, 15) is 4.57 Å². The fraction of sp³-hybridized carbons (Fsp3) is 1.00. The summed E-state index contributed by atoms with van der Waals surface area (Å²) in [5.41, 5.74) is 0. The van der Waals surface area contributed by atoms with Gasteiger partial charge in [-0.2, -0.15) is 0 Å². The summed E-state index contributed by atoms with van der Waals surface area (Å²) in [6.45, 7) is 28.2. The van der Waals surface area contributed by atoms with E-state index in [4.69, 9.17) is 4.89 Å². The average Bonchev–Trinajstić information content (AvgIpc) is 2.06. The van der Waals surface area contributed by atoms with Crippen molar-refractivity contribution in [2.75, 3.05) is 7.11 Å². The predicted molar refractivity (Wildman–Crippen MR) is 111 cm³/mol. The maximum atomic E-state index is 9.33. The van der Waals surface area contributed by atoms with Gasteiger partial charge in [-0.1, -0.05) is 100 Å². The van der Waals surface area contributed by atoms with Crippen molar-refractivity contribution in [1.29, 1.82) is 0 Å². The maximum Gasteiger partial charge on any atom is 0.316 e. The van der Waals surface area contributed by atoms with E-state index in [2.05, 4.69) is 87.6 Å². The Kier molecular flexibility index (Phi) is 14.8. The van der Waals surface area contributed by atoms with E-state index in [0.29, 0.717) is 17.1 Å². The molecule has 6 heteroatoms. The van der Waals surface area contributed by atoms with Crippen molar-refractivity contribution < 1.29 is 14.0 Å². The lowest BCUT2D eigenvalue weighted by Crippen LogP contribution is -2.18. The standard InChI is InChI=1S/4C4H9.CH5O3P.2Al.2H/c4*1-4(2)3;1-4-5(2)3;;;;/h4*1-3H3;5H,1H3,(H,2,3);;;;. The number of hydrogen-bond acceptors (Lipinski definition) is 2. The Balaban J connectivity index is -0.000000273. The molecule has 0 heterocycles. The summed E-state index contributed by atoms with van der Waals surface area (Å²) in [7, 11) is -1.44. The summed E-state index contributed by atoms with van der Waals surface area (Å²) < 4.78 is 15.7. The van der Waals surface area contributed by atoms with Crippen LogP contribution in [0.2, 0.25) is 17.1 Å². The normalized spacial score (nSPS) is 13.8. The Hall–Kier alpha value is 1.21. The van der Waals surface area contributed by atoms with Crippen LogP contribution in [-0.2, 0) is 9.09 Å². The first-order chi connectivity index (χ1) is 9.68. The van der Waals surface area contributed by atoms with Crippen molar-refractivity contribution in [3.63, 3.8) is 0 Å². The van der Waals surface area contributed by atoms with Crippen LogP contribution in [0.15, 0.2) is 0 Å². The van der Waals surface area contributed by atoms with Gasteiger partial charge in [0.25, 0.3) is 30.4 Å². The minimum absolute atomic E-state index is 0.0880. The smallest absolute Gasteiger partial charge is 0.316 e. The molecule has 1 atom stereocenters. The van der Waals surface area contributed by atoms with E-state index >= 15 is 0 Å². The second-order valence-electron chi connectivity index (χ2n) is 11.1. The molecule has 0 spiro atoms. The van der Waals surface area contributed by atoms with E-state index in [1.807, 2.05) is 0 Å². The summed E-state index contributed by atoms with van der Waals surface area (Å²) in [5.74, 6) is 0. The van der Waals surface area contributed by atoms with Gasteiger partial charge in [0.1, 0.15) is 0 Å². The third-order valence-electron chi connectivity index (χ3n) is 2.30. The Morgan fingerprint density at radius 3 is 0.783 bits per heavy atom. The second kappa shape index (κ2) is 11.8. The van der Waals surface area contributed by atoms with E-state index in [1.54, 1.807) is 0 Å². The van der Waals surface area contributed by atoms with Gasteiger partial charge in [-0.15, -0.1) is 0 Å². The Morgan fingerprint density at radius 2 is 0.783 bits per heavy atom. The van der Waals surface area contributed by atoms with Gasteiger partial charge in [0.15, 0.2) is 0 Å². The summed E-state index contributed by atoms with van der Waals surface area (Å²) in [5, 5.41) is 0. The van der Waals surface area contributed by atoms with E-state index < -0.39 is 8.25 Å². The second-order valence-corrected chi connectivity index (χ2v) is 21.2. The van der Waals surface area contributed by atoms with Crippen LogP contribution < -0.4 is 0 Å². The van der Waals surface area contributed by atoms with Crippen LogP contribution in [0.4, 0.5) is 0 Å². The molecule has 23 heavy (non-hydrogen) atoms. The molecule has 1 unspecified atom stereocenters. The molecule has 0 fully saturated rings. The van der Waals surface area contributed by atoms with Crippen LogP contribution in [0.1, 0.15) is 83.1 Å². The molecular formula is C17H43Al2O3P. The summed E-state index contributed by atoms with van der Waals surface area (Å²) in [4.78, 5) is 7.69. The zero-order chi connectivity index (χ0) is 19.7. The fourth-order valence-corrected chi connectivity index (χ4v) is 9.55. The van der Waals surface area contributed by atoms with Crippen molar-refractivity contribution in [2.45, 2.75) is 100 Å². The van der Waals surface area contributed by atoms with Gasteiger partial charge in [-0.3, -0.25) is 4.57 Å². The average molecular weight is 380 g/mol. The molecule has 0 radical (unpaired) electrons. The van der Waals surface area contributed by atoms with Crippen LogP contribution in [0.25, 0.3) is 0 Å². The molecule has 0 amide bonds. The maximum absolute atomic E-state index is 9.33. The Bertz CT molecular complexity index is 269. The first kappa shape index (κ1) is 29.0. The van der Waals surface area contributed by atoms with Crippen LogP contribution in [0.5, 0.6) is 0 Å². The molecule has 0 aromatic heterocycles. The molecule has 0 aliphatic rings. The molecule has 0 aromatic carbocycles. The molecule has 3 nitrogen and oxygen atoms in total. The molecular weight excluding hydrogens is 337 g/mol. The van der Waals surface area contributed by atoms with Crippen molar-refractivity contribution in [2.24, 2.45) is 0 Å². The van der Waals surface area contributed by atoms with E-state index in [-0.39, 0.29) is 30.4 Å². The van der Waals surface area contributed by atoms with Gasteiger partial charge in [0, 0.05) is 7.11 Å². The molecule has 0 rings (SSSR count). The first-order valence-electron chi connectivity index (χ1n) is 8.45. The highest BCUT2D eigenvalue weighted by Crippen LogP contribution is 2.34. The van der Waals surface area contributed by atoms with Gasteiger partial charge in [0.2, 0.25) is 0 Å². The molecule has 0 aromatic rings. The first-order valence-corrected chi connectivity index (χ1v) is 12.5. The lowest BCUT2D eigenvalue weighted by atomic mass is 10.2. The van der Waals surface area contributed by atoms with Crippen molar-refractivity contribution in [3.8, 4) is 0 Å². The minimum Gasteiger partial charge on any atom is -0.326 e.